The SMILES string of the molecule is C=C(/C=C\SC)C(C(=O)c1cccc(C)c1Cl)=C(C)C. The Hall–Kier alpha value is -1.25. The minimum absolute atomic E-state index is 0.0746. The van der Waals surface area contributed by atoms with Crippen molar-refractivity contribution in [1.82, 2.24) is 0 Å². The standard InChI is InChI=1S/C17H19ClOS/c1-11(2)15(12(3)9-10-20-5)17(19)14-8-6-7-13(4)16(14)18/h6-10H,3H2,1-2,4-5H3/b10-9-. The van der Waals surface area contributed by atoms with E-state index in [-0.39, 0.29) is 5.78 Å². The molecule has 0 saturated heterocycles. The molecule has 0 amide bonds. The van der Waals surface area contributed by atoms with Crippen molar-refractivity contribution in [2.45, 2.75) is 20.8 Å². The number of carbonyl (C=O) groups is 1. The molecular formula is C17H19ClOS. The highest BCUT2D eigenvalue weighted by molar-refractivity contribution is 8.01. The summed E-state index contributed by atoms with van der Waals surface area (Å²) in [5, 5.41) is 2.43. The Morgan fingerprint density at radius 1 is 1.35 bits per heavy atom. The number of aryl methyl sites for hydroxylation is 1. The van der Waals surface area contributed by atoms with E-state index in [4.69, 9.17) is 11.6 Å². The highest BCUT2D eigenvalue weighted by Crippen LogP contribution is 2.27. The van der Waals surface area contributed by atoms with Crippen LogP contribution in [0.5, 0.6) is 0 Å². The summed E-state index contributed by atoms with van der Waals surface area (Å²) in [6.45, 7) is 9.71. The summed E-state index contributed by atoms with van der Waals surface area (Å²) < 4.78 is 0. The molecule has 106 valence electrons. The van der Waals surface area contributed by atoms with Gasteiger partial charge < -0.3 is 0 Å². The van der Waals surface area contributed by atoms with E-state index < -0.39 is 0 Å². The van der Waals surface area contributed by atoms with Gasteiger partial charge in [-0.25, -0.2) is 0 Å². The molecule has 1 aromatic carbocycles. The van der Waals surface area contributed by atoms with E-state index in [1.54, 1.807) is 17.8 Å². The van der Waals surface area contributed by atoms with Crippen molar-refractivity contribution in [3.8, 4) is 0 Å². The molecule has 0 aliphatic heterocycles. The van der Waals surface area contributed by atoms with Crippen molar-refractivity contribution >= 4 is 29.1 Å². The van der Waals surface area contributed by atoms with E-state index in [0.29, 0.717) is 21.7 Å². The molecule has 3 heteroatoms. The summed E-state index contributed by atoms with van der Waals surface area (Å²) in [6.07, 6.45) is 3.82. The molecule has 0 bridgehead atoms. The Balaban J connectivity index is 3.28. The molecule has 0 spiro atoms. The molecule has 0 saturated carbocycles. The van der Waals surface area contributed by atoms with Crippen molar-refractivity contribution in [3.63, 3.8) is 0 Å². The first-order chi connectivity index (χ1) is 9.40. The molecule has 0 N–H and O–H groups in total. The van der Waals surface area contributed by atoms with E-state index >= 15 is 0 Å². The molecule has 1 rings (SSSR count). The average molecular weight is 307 g/mol. The van der Waals surface area contributed by atoms with Gasteiger partial charge in [0, 0.05) is 11.1 Å². The van der Waals surface area contributed by atoms with Crippen LogP contribution in [-0.2, 0) is 0 Å². The average Bonchev–Trinajstić information content (AvgIpc) is 2.39. The summed E-state index contributed by atoms with van der Waals surface area (Å²) in [5.74, 6) is -0.0746. The first-order valence-corrected chi connectivity index (χ1v) is 7.92. The predicted molar refractivity (Wildman–Crippen MR) is 90.7 cm³/mol. The number of rotatable bonds is 5. The summed E-state index contributed by atoms with van der Waals surface area (Å²) in [4.78, 5) is 12.7. The number of ketones is 1. The van der Waals surface area contributed by atoms with Gasteiger partial charge in [0.05, 0.1) is 5.02 Å². The zero-order valence-electron chi connectivity index (χ0n) is 12.3. The molecule has 20 heavy (non-hydrogen) atoms. The highest BCUT2D eigenvalue weighted by atomic mass is 35.5. The van der Waals surface area contributed by atoms with Gasteiger partial charge >= 0.3 is 0 Å². The van der Waals surface area contributed by atoms with Gasteiger partial charge in [-0.2, -0.15) is 0 Å². The van der Waals surface area contributed by atoms with Crippen LogP contribution >= 0.6 is 23.4 Å². The molecule has 0 aliphatic carbocycles. The molecule has 0 aromatic heterocycles. The summed E-state index contributed by atoms with van der Waals surface area (Å²) >= 11 is 7.82. The monoisotopic (exact) mass is 306 g/mol. The topological polar surface area (TPSA) is 17.1 Å². The van der Waals surface area contributed by atoms with Gasteiger partial charge in [-0.1, -0.05) is 35.9 Å². The van der Waals surface area contributed by atoms with Gasteiger partial charge in [-0.05, 0) is 55.7 Å². The lowest BCUT2D eigenvalue weighted by Gasteiger charge is -2.11. The second kappa shape index (κ2) is 7.51. The van der Waals surface area contributed by atoms with Crippen molar-refractivity contribution in [1.29, 1.82) is 0 Å². The maximum atomic E-state index is 12.7. The lowest BCUT2D eigenvalue weighted by atomic mass is 9.93. The number of thioether (sulfide) groups is 1. The Morgan fingerprint density at radius 2 is 2.00 bits per heavy atom. The molecule has 0 aliphatic rings. The van der Waals surface area contributed by atoms with E-state index in [1.165, 1.54) is 0 Å². The molecule has 0 fully saturated rings. The Bertz CT molecular complexity index is 593. The van der Waals surface area contributed by atoms with Crippen LogP contribution < -0.4 is 0 Å². The van der Waals surface area contributed by atoms with Gasteiger partial charge in [-0.15, -0.1) is 11.8 Å². The quantitative estimate of drug-likeness (QED) is 0.400. The minimum atomic E-state index is -0.0746. The van der Waals surface area contributed by atoms with Crippen LogP contribution in [0.15, 0.2) is 53.0 Å². The van der Waals surface area contributed by atoms with Crippen LogP contribution in [0.3, 0.4) is 0 Å². The molecular weight excluding hydrogens is 288 g/mol. The molecule has 0 unspecified atom stereocenters. The second-order valence-electron chi connectivity index (χ2n) is 4.70. The lowest BCUT2D eigenvalue weighted by molar-refractivity contribution is 0.103. The summed E-state index contributed by atoms with van der Waals surface area (Å²) in [5.41, 5.74) is 3.70. The van der Waals surface area contributed by atoms with Crippen LogP contribution in [0.1, 0.15) is 29.8 Å². The number of hydrogen-bond acceptors (Lipinski definition) is 2. The third kappa shape index (κ3) is 3.87. The Kier molecular flexibility index (Phi) is 6.31. The molecule has 1 nitrogen and oxygen atoms in total. The van der Waals surface area contributed by atoms with Crippen LogP contribution in [-0.4, -0.2) is 12.0 Å². The lowest BCUT2D eigenvalue weighted by Crippen LogP contribution is -2.08. The van der Waals surface area contributed by atoms with Gasteiger partial charge in [0.1, 0.15) is 0 Å². The summed E-state index contributed by atoms with van der Waals surface area (Å²) in [6, 6.07) is 5.49. The number of halogens is 1. The van der Waals surface area contributed by atoms with Crippen LogP contribution in [0.4, 0.5) is 0 Å². The van der Waals surface area contributed by atoms with E-state index in [1.807, 2.05) is 50.6 Å². The van der Waals surface area contributed by atoms with E-state index in [9.17, 15) is 4.79 Å². The summed E-state index contributed by atoms with van der Waals surface area (Å²) in [7, 11) is 0. The Morgan fingerprint density at radius 3 is 2.55 bits per heavy atom. The van der Waals surface area contributed by atoms with Gasteiger partial charge in [0.15, 0.2) is 5.78 Å². The third-order valence-electron chi connectivity index (χ3n) is 2.89. The fourth-order valence-electron chi connectivity index (χ4n) is 1.88. The van der Waals surface area contributed by atoms with Crippen LogP contribution in [0.2, 0.25) is 5.02 Å². The maximum absolute atomic E-state index is 12.7. The fraction of sp³-hybridized carbons (Fsp3) is 0.235. The number of hydrogen-bond donors (Lipinski definition) is 0. The van der Waals surface area contributed by atoms with Crippen molar-refractivity contribution < 1.29 is 4.79 Å². The van der Waals surface area contributed by atoms with E-state index in [0.717, 1.165) is 11.1 Å². The van der Waals surface area contributed by atoms with Gasteiger partial charge in [-0.3, -0.25) is 4.79 Å². The zero-order valence-corrected chi connectivity index (χ0v) is 13.9. The largest absolute Gasteiger partial charge is 0.289 e. The van der Waals surface area contributed by atoms with Gasteiger partial charge in [0.25, 0.3) is 0 Å². The molecule has 0 atom stereocenters. The second-order valence-corrected chi connectivity index (χ2v) is 5.83. The van der Waals surface area contributed by atoms with Crippen molar-refractivity contribution in [2.24, 2.45) is 0 Å². The first-order valence-electron chi connectivity index (χ1n) is 6.26. The number of carbonyl (C=O) groups excluding carboxylic acids is 1. The van der Waals surface area contributed by atoms with Gasteiger partial charge in [0.2, 0.25) is 0 Å². The third-order valence-corrected chi connectivity index (χ3v) is 3.80. The molecule has 0 heterocycles. The maximum Gasteiger partial charge on any atom is 0.195 e. The number of benzene rings is 1. The zero-order chi connectivity index (χ0) is 15.3. The number of allylic oxidation sites excluding steroid dienone is 4. The normalized spacial score (nSPS) is 10.7. The Labute approximate surface area is 130 Å². The molecule has 1 aromatic rings. The van der Waals surface area contributed by atoms with Crippen molar-refractivity contribution in [3.05, 3.63) is 69.1 Å². The predicted octanol–water partition coefficient (Wildman–Crippen LogP) is 5.60. The smallest absolute Gasteiger partial charge is 0.195 e. The number of Topliss-reactive ketones (excluding diaryl/α,β-unsaturated/α-hetero) is 1. The minimum Gasteiger partial charge on any atom is -0.289 e. The van der Waals surface area contributed by atoms with Crippen LogP contribution in [0.25, 0.3) is 0 Å². The van der Waals surface area contributed by atoms with Crippen molar-refractivity contribution in [2.75, 3.05) is 6.26 Å². The van der Waals surface area contributed by atoms with E-state index in [2.05, 4.69) is 6.58 Å². The van der Waals surface area contributed by atoms with Crippen LogP contribution in [0, 0.1) is 6.92 Å². The first kappa shape index (κ1) is 16.8. The fourth-order valence-corrected chi connectivity index (χ4v) is 2.40. The highest BCUT2D eigenvalue weighted by Gasteiger charge is 2.18. The molecule has 0 radical (unpaired) electrons.